The molecule has 4 atom stereocenters. The molecule has 0 N–H and O–H groups in total. The first-order valence-electron chi connectivity index (χ1n) is 6.73. The van der Waals surface area contributed by atoms with Crippen LogP contribution in [0.1, 0.15) is 18.4 Å². The van der Waals surface area contributed by atoms with Crippen molar-refractivity contribution < 1.29 is 9.53 Å². The van der Waals surface area contributed by atoms with Crippen LogP contribution in [0.5, 0.6) is 0 Å². The first-order valence-corrected chi connectivity index (χ1v) is 6.73. The predicted octanol–water partition coefficient (Wildman–Crippen LogP) is 2.53. The fourth-order valence-corrected chi connectivity index (χ4v) is 3.84. The molecule has 2 nitrogen and oxygen atoms in total. The van der Waals surface area contributed by atoms with Crippen molar-refractivity contribution in [2.45, 2.75) is 31.0 Å². The number of Topliss-reactive ketones (excluding diaryl/α,β-unsaturated/α-hetero) is 1. The summed E-state index contributed by atoms with van der Waals surface area (Å²) in [6.45, 7) is 0. The Balaban J connectivity index is 1.71. The van der Waals surface area contributed by atoms with E-state index in [1.807, 2.05) is 18.2 Å². The molecule has 1 aromatic carbocycles. The van der Waals surface area contributed by atoms with E-state index in [9.17, 15) is 4.79 Å². The number of carbonyl (C=O) groups excluding carboxylic acids is 1. The van der Waals surface area contributed by atoms with Crippen LogP contribution in [0.4, 0.5) is 0 Å². The first-order chi connectivity index (χ1) is 8.78. The lowest BCUT2D eigenvalue weighted by Gasteiger charge is -2.38. The summed E-state index contributed by atoms with van der Waals surface area (Å²) in [5.74, 6) is 0.655. The summed E-state index contributed by atoms with van der Waals surface area (Å²) in [6, 6.07) is 10.3. The SMILES string of the molecule is O=C1C2CCC1C1(Cc3ccccc3)C=CC2O1. The molecular weight excluding hydrogens is 224 g/mol. The van der Waals surface area contributed by atoms with E-state index in [1.54, 1.807) is 0 Å². The van der Waals surface area contributed by atoms with Crippen LogP contribution in [0.2, 0.25) is 0 Å². The third kappa shape index (κ3) is 1.30. The molecule has 1 aromatic rings. The van der Waals surface area contributed by atoms with Crippen molar-refractivity contribution >= 4 is 5.78 Å². The van der Waals surface area contributed by atoms with Crippen LogP contribution in [0.15, 0.2) is 42.5 Å². The Labute approximate surface area is 107 Å². The molecule has 4 bridgehead atoms. The van der Waals surface area contributed by atoms with Gasteiger partial charge < -0.3 is 4.74 Å². The third-order valence-electron chi connectivity index (χ3n) is 4.71. The second kappa shape index (κ2) is 3.55. The third-order valence-corrected chi connectivity index (χ3v) is 4.71. The molecule has 2 fully saturated rings. The van der Waals surface area contributed by atoms with Crippen molar-refractivity contribution in [2.75, 3.05) is 0 Å². The van der Waals surface area contributed by atoms with Crippen LogP contribution < -0.4 is 0 Å². The molecule has 1 saturated carbocycles. The van der Waals surface area contributed by atoms with Gasteiger partial charge in [0.15, 0.2) is 0 Å². The first kappa shape index (κ1) is 10.5. The van der Waals surface area contributed by atoms with Gasteiger partial charge in [-0.25, -0.2) is 0 Å². The molecule has 2 aliphatic heterocycles. The number of hydrogen-bond donors (Lipinski definition) is 0. The maximum Gasteiger partial charge on any atom is 0.145 e. The molecule has 0 spiro atoms. The Morgan fingerprint density at radius 3 is 2.89 bits per heavy atom. The highest BCUT2D eigenvalue weighted by molar-refractivity contribution is 5.89. The summed E-state index contributed by atoms with van der Waals surface area (Å²) in [5, 5.41) is 0. The Morgan fingerprint density at radius 2 is 2.06 bits per heavy atom. The van der Waals surface area contributed by atoms with Crippen LogP contribution in [-0.4, -0.2) is 17.5 Å². The average molecular weight is 240 g/mol. The van der Waals surface area contributed by atoms with E-state index in [-0.39, 0.29) is 23.5 Å². The number of hydrogen-bond acceptors (Lipinski definition) is 2. The molecule has 1 saturated heterocycles. The van der Waals surface area contributed by atoms with Gasteiger partial charge in [0, 0.05) is 12.3 Å². The van der Waals surface area contributed by atoms with Crippen molar-refractivity contribution in [3.63, 3.8) is 0 Å². The van der Waals surface area contributed by atoms with Gasteiger partial charge >= 0.3 is 0 Å². The minimum absolute atomic E-state index is 0.0416. The van der Waals surface area contributed by atoms with Crippen LogP contribution in [-0.2, 0) is 16.0 Å². The van der Waals surface area contributed by atoms with Crippen molar-refractivity contribution in [3.05, 3.63) is 48.0 Å². The largest absolute Gasteiger partial charge is 0.362 e. The highest BCUT2D eigenvalue weighted by Gasteiger charge is 2.58. The van der Waals surface area contributed by atoms with E-state index in [0.717, 1.165) is 19.3 Å². The molecule has 0 amide bonds. The van der Waals surface area contributed by atoms with Crippen molar-refractivity contribution in [1.82, 2.24) is 0 Å². The van der Waals surface area contributed by atoms with E-state index in [4.69, 9.17) is 4.74 Å². The van der Waals surface area contributed by atoms with E-state index in [0.29, 0.717) is 5.78 Å². The summed E-state index contributed by atoms with van der Waals surface area (Å²) in [6.07, 6.45) is 7.15. The smallest absolute Gasteiger partial charge is 0.145 e. The van der Waals surface area contributed by atoms with Crippen LogP contribution in [0.25, 0.3) is 0 Å². The summed E-state index contributed by atoms with van der Waals surface area (Å²) >= 11 is 0. The number of rotatable bonds is 2. The van der Waals surface area contributed by atoms with Crippen LogP contribution in [0.3, 0.4) is 0 Å². The highest BCUT2D eigenvalue weighted by atomic mass is 16.5. The molecule has 18 heavy (non-hydrogen) atoms. The lowest BCUT2D eigenvalue weighted by Crippen LogP contribution is -2.48. The minimum Gasteiger partial charge on any atom is -0.362 e. The lowest BCUT2D eigenvalue weighted by molar-refractivity contribution is -0.152. The van der Waals surface area contributed by atoms with Gasteiger partial charge in [0.1, 0.15) is 11.4 Å². The standard InChI is InChI=1S/C16H16O2/c17-15-12-6-7-13(15)16(9-8-14(12)18-16)10-11-4-2-1-3-5-11/h1-5,8-9,12-14H,6-7,10H2. The summed E-state index contributed by atoms with van der Waals surface area (Å²) in [4.78, 5) is 12.3. The van der Waals surface area contributed by atoms with Crippen molar-refractivity contribution in [3.8, 4) is 0 Å². The quantitative estimate of drug-likeness (QED) is 0.742. The molecule has 2 heterocycles. The second-order valence-corrected chi connectivity index (χ2v) is 5.70. The van der Waals surface area contributed by atoms with E-state index >= 15 is 0 Å². The molecule has 3 aliphatic rings. The zero-order valence-corrected chi connectivity index (χ0v) is 10.2. The Hall–Kier alpha value is -1.41. The maximum atomic E-state index is 12.3. The van der Waals surface area contributed by atoms with E-state index < -0.39 is 0 Å². The van der Waals surface area contributed by atoms with E-state index in [1.165, 1.54) is 5.56 Å². The van der Waals surface area contributed by atoms with Crippen molar-refractivity contribution in [1.29, 1.82) is 0 Å². The number of fused-ring (bicyclic) bond motifs is 6. The Morgan fingerprint density at radius 1 is 1.22 bits per heavy atom. The number of benzene rings is 1. The fourth-order valence-electron chi connectivity index (χ4n) is 3.84. The molecule has 92 valence electrons. The molecule has 4 unspecified atom stereocenters. The molecular formula is C16H16O2. The molecule has 0 aromatic heterocycles. The molecule has 4 rings (SSSR count). The van der Waals surface area contributed by atoms with Gasteiger partial charge in [-0.15, -0.1) is 0 Å². The maximum absolute atomic E-state index is 12.3. The monoisotopic (exact) mass is 240 g/mol. The lowest BCUT2D eigenvalue weighted by atomic mass is 9.79. The van der Waals surface area contributed by atoms with Gasteiger partial charge in [-0.1, -0.05) is 42.5 Å². The van der Waals surface area contributed by atoms with Gasteiger partial charge in [-0.05, 0) is 18.4 Å². The summed E-state index contributed by atoms with van der Waals surface area (Å²) in [5.41, 5.74) is 0.900. The normalized spacial score (nSPS) is 40.4. The number of ether oxygens (including phenoxy) is 1. The number of carbonyl (C=O) groups is 1. The van der Waals surface area contributed by atoms with Gasteiger partial charge in [0.05, 0.1) is 12.0 Å². The topological polar surface area (TPSA) is 26.3 Å². The predicted molar refractivity (Wildman–Crippen MR) is 68.1 cm³/mol. The summed E-state index contributed by atoms with van der Waals surface area (Å²) in [7, 11) is 0. The molecule has 0 radical (unpaired) electrons. The van der Waals surface area contributed by atoms with Crippen LogP contribution >= 0.6 is 0 Å². The van der Waals surface area contributed by atoms with Gasteiger partial charge in [0.2, 0.25) is 0 Å². The molecule has 2 heteroatoms. The molecule has 1 aliphatic carbocycles. The Kier molecular flexibility index (Phi) is 2.07. The second-order valence-electron chi connectivity index (χ2n) is 5.70. The van der Waals surface area contributed by atoms with Crippen molar-refractivity contribution in [2.24, 2.45) is 11.8 Å². The highest BCUT2D eigenvalue weighted by Crippen LogP contribution is 2.51. The average Bonchev–Trinajstić information content (AvgIpc) is 2.87. The summed E-state index contributed by atoms with van der Waals surface area (Å²) < 4.78 is 6.21. The zero-order valence-electron chi connectivity index (χ0n) is 10.2. The fraction of sp³-hybridized carbons (Fsp3) is 0.438. The zero-order chi connectivity index (χ0) is 12.2. The van der Waals surface area contributed by atoms with Gasteiger partial charge in [-0.3, -0.25) is 4.79 Å². The van der Waals surface area contributed by atoms with Gasteiger partial charge in [-0.2, -0.15) is 0 Å². The minimum atomic E-state index is -0.351. The Bertz CT molecular complexity index is 519. The van der Waals surface area contributed by atoms with Crippen LogP contribution in [0, 0.1) is 11.8 Å². The van der Waals surface area contributed by atoms with Gasteiger partial charge in [0.25, 0.3) is 0 Å². The van der Waals surface area contributed by atoms with E-state index in [2.05, 4.69) is 24.3 Å². The number of ketones is 1.